The van der Waals surface area contributed by atoms with Crippen molar-refractivity contribution in [2.75, 3.05) is 26.9 Å². The number of carbonyl (C=O) groups excluding carboxylic acids is 4. The van der Waals surface area contributed by atoms with E-state index < -0.39 is 35.5 Å². The third kappa shape index (κ3) is 11.1. The molecule has 1 aliphatic heterocycles. The van der Waals surface area contributed by atoms with Gasteiger partial charge in [-0.05, 0) is 62.8 Å². The number of carbonyl (C=O) groups is 4. The van der Waals surface area contributed by atoms with Crippen LogP contribution in [0.1, 0.15) is 57.6 Å². The molecule has 0 saturated carbocycles. The van der Waals surface area contributed by atoms with Gasteiger partial charge in [-0.15, -0.1) is 0 Å². The highest BCUT2D eigenvalue weighted by molar-refractivity contribution is 5.98. The van der Waals surface area contributed by atoms with Gasteiger partial charge in [0.1, 0.15) is 23.4 Å². The maximum Gasteiger partial charge on any atom is 0.243 e. The lowest BCUT2D eigenvalue weighted by atomic mass is 9.94. The Morgan fingerprint density at radius 2 is 1.49 bits per heavy atom. The molecule has 0 spiro atoms. The van der Waals surface area contributed by atoms with Crippen molar-refractivity contribution < 1.29 is 33.4 Å². The minimum absolute atomic E-state index is 0.167. The summed E-state index contributed by atoms with van der Waals surface area (Å²) in [7, 11) is 1.56. The summed E-state index contributed by atoms with van der Waals surface area (Å²) in [6.07, 6.45) is 3.07. The van der Waals surface area contributed by atoms with Gasteiger partial charge in [0.05, 0.1) is 19.8 Å². The van der Waals surface area contributed by atoms with E-state index in [1.54, 1.807) is 33.1 Å². The van der Waals surface area contributed by atoms with Crippen molar-refractivity contribution in [3.63, 3.8) is 0 Å². The molecule has 3 rings (SSSR count). The van der Waals surface area contributed by atoms with E-state index in [9.17, 15) is 19.2 Å². The first-order chi connectivity index (χ1) is 20.6. The van der Waals surface area contributed by atoms with E-state index in [0.29, 0.717) is 32.0 Å². The zero-order valence-electron chi connectivity index (χ0n) is 25.6. The molecule has 4 atom stereocenters. The molecule has 2 aromatic carbocycles. The second-order valence-corrected chi connectivity index (χ2v) is 11.1. The van der Waals surface area contributed by atoms with E-state index in [0.717, 1.165) is 24.0 Å². The molecule has 0 bridgehead atoms. The van der Waals surface area contributed by atoms with Crippen molar-refractivity contribution in [1.29, 1.82) is 0 Å². The van der Waals surface area contributed by atoms with Crippen LogP contribution in [0, 0.1) is 0 Å². The predicted molar refractivity (Wildman–Crippen MR) is 163 cm³/mol. The average Bonchev–Trinajstić information content (AvgIpc) is 3.76. The van der Waals surface area contributed by atoms with Gasteiger partial charge >= 0.3 is 0 Å². The number of hydrogen-bond acceptors (Lipinski definition) is 7. The standard InChI is InChI=1S/C33H45N3O7/c1-5-18-42-19-10-9-13-29(37)34-23(2)31(39)36-28(21-25-14-16-26(41-4)17-15-25)32(40)35-27(30(38)33(3)22-43-33)20-24-11-7-6-8-12-24/h6-8,11-12,14-17,23,27-28H,5,9-10,13,18-22H2,1-4H3,(H,34,37)(H,35,40)(H,36,39)/t23-,27?,28-,33+/m0/s1. The number of nitrogens with one attached hydrogen (secondary N) is 3. The molecule has 0 radical (unpaired) electrons. The number of hydrogen-bond donors (Lipinski definition) is 3. The molecule has 1 fully saturated rings. The van der Waals surface area contributed by atoms with Gasteiger partial charge in [-0.2, -0.15) is 0 Å². The second kappa shape index (κ2) is 16.8. The average molecular weight is 596 g/mol. The summed E-state index contributed by atoms with van der Waals surface area (Å²) in [6.45, 7) is 6.91. The number of Topliss-reactive ketones (excluding diaryl/α,β-unsaturated/α-hetero) is 1. The minimum Gasteiger partial charge on any atom is -0.497 e. The van der Waals surface area contributed by atoms with Crippen LogP contribution in [0.25, 0.3) is 0 Å². The normalized spacial score (nSPS) is 17.7. The SMILES string of the molecule is CCCOCCCCC(=O)N[C@@H](C)C(=O)N[C@@H](Cc1ccc(OC)cc1)C(=O)NC(Cc1ccccc1)C(=O)[C@@]1(C)CO1. The van der Waals surface area contributed by atoms with E-state index in [1.165, 1.54) is 0 Å². The van der Waals surface area contributed by atoms with Crippen LogP contribution in [0.3, 0.4) is 0 Å². The Hall–Kier alpha value is -3.76. The van der Waals surface area contributed by atoms with Crippen molar-refractivity contribution in [3.8, 4) is 5.75 Å². The number of methoxy groups -OCH3 is 1. The van der Waals surface area contributed by atoms with Crippen LogP contribution in [0.2, 0.25) is 0 Å². The zero-order chi connectivity index (χ0) is 31.2. The number of amides is 3. The van der Waals surface area contributed by atoms with E-state index in [1.807, 2.05) is 49.4 Å². The van der Waals surface area contributed by atoms with Crippen molar-refractivity contribution in [2.45, 2.75) is 83.0 Å². The van der Waals surface area contributed by atoms with E-state index in [2.05, 4.69) is 16.0 Å². The van der Waals surface area contributed by atoms with Crippen LogP contribution < -0.4 is 20.7 Å². The van der Waals surface area contributed by atoms with Crippen molar-refractivity contribution >= 4 is 23.5 Å². The summed E-state index contributed by atoms with van der Waals surface area (Å²) in [5, 5.41) is 8.39. The van der Waals surface area contributed by atoms with Crippen LogP contribution in [-0.2, 0) is 41.5 Å². The fourth-order valence-electron chi connectivity index (χ4n) is 4.57. The van der Waals surface area contributed by atoms with Gasteiger partial charge in [-0.1, -0.05) is 49.4 Å². The molecule has 1 aliphatic rings. The molecular weight excluding hydrogens is 550 g/mol. The number of rotatable bonds is 19. The minimum atomic E-state index is -1.00. The molecule has 1 heterocycles. The first-order valence-electron chi connectivity index (χ1n) is 15.0. The summed E-state index contributed by atoms with van der Waals surface area (Å²) < 4.78 is 16.1. The molecule has 3 N–H and O–H groups in total. The predicted octanol–water partition coefficient (Wildman–Crippen LogP) is 2.91. The second-order valence-electron chi connectivity index (χ2n) is 11.1. The highest BCUT2D eigenvalue weighted by Crippen LogP contribution is 2.29. The number of unbranched alkanes of at least 4 members (excludes halogenated alkanes) is 1. The molecular formula is C33H45N3O7. The van der Waals surface area contributed by atoms with Crippen LogP contribution in [0.4, 0.5) is 0 Å². The Labute approximate surface area is 254 Å². The molecule has 1 saturated heterocycles. The Morgan fingerprint density at radius 1 is 0.860 bits per heavy atom. The molecule has 10 nitrogen and oxygen atoms in total. The monoisotopic (exact) mass is 595 g/mol. The lowest BCUT2D eigenvalue weighted by molar-refractivity contribution is -0.134. The van der Waals surface area contributed by atoms with Gasteiger partial charge in [-0.25, -0.2) is 0 Å². The molecule has 0 aromatic heterocycles. The van der Waals surface area contributed by atoms with Crippen LogP contribution in [-0.4, -0.2) is 74.2 Å². The van der Waals surface area contributed by atoms with Crippen LogP contribution >= 0.6 is 0 Å². The third-order valence-corrected chi connectivity index (χ3v) is 7.31. The fourth-order valence-corrected chi connectivity index (χ4v) is 4.57. The van der Waals surface area contributed by atoms with E-state index >= 15 is 0 Å². The summed E-state index contributed by atoms with van der Waals surface area (Å²) in [5.74, 6) is -0.821. The van der Waals surface area contributed by atoms with E-state index in [-0.39, 0.29) is 31.0 Å². The fraction of sp³-hybridized carbons (Fsp3) is 0.515. The topological polar surface area (TPSA) is 135 Å². The van der Waals surface area contributed by atoms with Crippen LogP contribution in [0.5, 0.6) is 5.75 Å². The number of ether oxygens (including phenoxy) is 3. The van der Waals surface area contributed by atoms with Gasteiger partial charge in [0.25, 0.3) is 0 Å². The number of benzene rings is 2. The van der Waals surface area contributed by atoms with Crippen molar-refractivity contribution in [1.82, 2.24) is 16.0 Å². The summed E-state index contributed by atoms with van der Waals surface area (Å²) in [5.41, 5.74) is 0.726. The molecule has 0 aliphatic carbocycles. The summed E-state index contributed by atoms with van der Waals surface area (Å²) in [6, 6.07) is 13.9. The third-order valence-electron chi connectivity index (χ3n) is 7.31. The summed E-state index contributed by atoms with van der Waals surface area (Å²) >= 11 is 0. The van der Waals surface area contributed by atoms with Gasteiger partial charge in [0, 0.05) is 26.1 Å². The highest BCUT2D eigenvalue weighted by atomic mass is 16.6. The smallest absolute Gasteiger partial charge is 0.243 e. The Kier molecular flexibility index (Phi) is 13.2. The first kappa shape index (κ1) is 33.7. The molecule has 2 aromatic rings. The van der Waals surface area contributed by atoms with Gasteiger partial charge in [-0.3, -0.25) is 19.2 Å². The number of epoxide rings is 1. The van der Waals surface area contributed by atoms with Crippen molar-refractivity contribution in [2.24, 2.45) is 0 Å². The Morgan fingerprint density at radius 3 is 2.12 bits per heavy atom. The maximum atomic E-state index is 13.7. The first-order valence-corrected chi connectivity index (χ1v) is 15.0. The van der Waals surface area contributed by atoms with Crippen LogP contribution in [0.15, 0.2) is 54.6 Å². The molecule has 10 heteroatoms. The van der Waals surface area contributed by atoms with Gasteiger partial charge < -0.3 is 30.2 Å². The highest BCUT2D eigenvalue weighted by Gasteiger charge is 2.50. The molecule has 234 valence electrons. The Balaban J connectivity index is 1.68. The van der Waals surface area contributed by atoms with E-state index in [4.69, 9.17) is 14.2 Å². The zero-order valence-corrected chi connectivity index (χ0v) is 25.6. The number of ketones is 1. The van der Waals surface area contributed by atoms with Gasteiger partial charge in [0.2, 0.25) is 17.7 Å². The lowest BCUT2D eigenvalue weighted by Crippen LogP contribution is -2.57. The molecule has 1 unspecified atom stereocenters. The maximum absolute atomic E-state index is 13.7. The van der Waals surface area contributed by atoms with Crippen molar-refractivity contribution in [3.05, 3.63) is 65.7 Å². The largest absolute Gasteiger partial charge is 0.497 e. The summed E-state index contributed by atoms with van der Waals surface area (Å²) in [4.78, 5) is 52.7. The Bertz CT molecular complexity index is 1200. The molecule has 3 amide bonds. The quantitative estimate of drug-likeness (QED) is 0.168. The lowest BCUT2D eigenvalue weighted by Gasteiger charge is -2.25. The van der Waals surface area contributed by atoms with Gasteiger partial charge in [0.15, 0.2) is 5.78 Å². The molecule has 43 heavy (non-hydrogen) atoms.